The molecule has 1 aliphatic rings. The molecule has 1 aliphatic heterocycles. The number of benzene rings is 1. The number of amides is 3. The number of hydrogen-bond acceptors (Lipinski definition) is 2. The molecule has 1 fully saturated rings. The lowest BCUT2D eigenvalue weighted by atomic mass is 10.2. The molecule has 1 atom stereocenters. The lowest BCUT2D eigenvalue weighted by Gasteiger charge is -2.22. The third-order valence-corrected chi connectivity index (χ3v) is 3.24. The molecule has 0 spiro atoms. The topological polar surface area (TPSA) is 40.6 Å². The molecule has 2 rings (SSSR count). The van der Waals surface area contributed by atoms with Crippen LogP contribution < -0.4 is 4.90 Å². The standard InChI is InChI=1S/C13H11F5N2O2/c1-7-10(21)19(6-13(17,18)11(15)16)12(22)20(7)9-4-2-8(14)3-5-9/h2-5,7,11H,6H2,1H3/t7-/m1/s1. The second-order valence-corrected chi connectivity index (χ2v) is 4.79. The van der Waals surface area contributed by atoms with Gasteiger partial charge in [0, 0.05) is 5.69 Å². The highest BCUT2D eigenvalue weighted by Crippen LogP contribution is 2.30. The first-order chi connectivity index (χ1) is 10.1. The number of halogens is 5. The predicted molar refractivity (Wildman–Crippen MR) is 66.4 cm³/mol. The van der Waals surface area contributed by atoms with Crippen molar-refractivity contribution >= 4 is 17.6 Å². The minimum atomic E-state index is -4.50. The van der Waals surface area contributed by atoms with E-state index in [1.165, 1.54) is 19.1 Å². The molecule has 0 aromatic heterocycles. The van der Waals surface area contributed by atoms with Crippen LogP contribution in [0.1, 0.15) is 6.92 Å². The number of nitrogens with zero attached hydrogens (tertiary/aromatic N) is 2. The molecule has 1 aromatic rings. The summed E-state index contributed by atoms with van der Waals surface area (Å²) in [6.07, 6.45) is -4.00. The number of anilines is 1. The molecule has 0 unspecified atom stereocenters. The highest BCUT2D eigenvalue weighted by atomic mass is 19.3. The van der Waals surface area contributed by atoms with Gasteiger partial charge < -0.3 is 0 Å². The van der Waals surface area contributed by atoms with Gasteiger partial charge in [0.2, 0.25) is 0 Å². The summed E-state index contributed by atoms with van der Waals surface area (Å²) in [5.74, 6) is -6.10. The molecule has 0 radical (unpaired) electrons. The Balaban J connectivity index is 2.28. The van der Waals surface area contributed by atoms with Gasteiger partial charge >= 0.3 is 18.4 Å². The number of hydrogen-bond donors (Lipinski definition) is 0. The summed E-state index contributed by atoms with van der Waals surface area (Å²) >= 11 is 0. The molecular formula is C13H11F5N2O2. The van der Waals surface area contributed by atoms with Crippen LogP contribution in [0.3, 0.4) is 0 Å². The maximum Gasteiger partial charge on any atom is 0.332 e. The summed E-state index contributed by atoms with van der Waals surface area (Å²) in [6, 6.07) is 2.13. The molecule has 0 aliphatic carbocycles. The molecule has 1 saturated heterocycles. The van der Waals surface area contributed by atoms with E-state index in [1.54, 1.807) is 0 Å². The van der Waals surface area contributed by atoms with Crippen LogP contribution in [0.2, 0.25) is 0 Å². The fourth-order valence-electron chi connectivity index (χ4n) is 2.09. The van der Waals surface area contributed by atoms with Gasteiger partial charge in [-0.3, -0.25) is 14.6 Å². The zero-order valence-corrected chi connectivity index (χ0v) is 11.3. The highest BCUT2D eigenvalue weighted by Gasteiger charge is 2.51. The summed E-state index contributed by atoms with van der Waals surface area (Å²) in [5, 5.41) is 0. The van der Waals surface area contributed by atoms with Crippen molar-refractivity contribution in [3.63, 3.8) is 0 Å². The van der Waals surface area contributed by atoms with Crippen LogP contribution in [0.4, 0.5) is 32.4 Å². The van der Waals surface area contributed by atoms with Crippen molar-refractivity contribution in [3.8, 4) is 0 Å². The van der Waals surface area contributed by atoms with Gasteiger partial charge in [-0.05, 0) is 31.2 Å². The number of rotatable bonds is 4. The number of carbonyl (C=O) groups is 2. The largest absolute Gasteiger partial charge is 0.332 e. The van der Waals surface area contributed by atoms with E-state index < -0.39 is 42.7 Å². The van der Waals surface area contributed by atoms with E-state index in [1.807, 2.05) is 0 Å². The smallest absolute Gasteiger partial charge is 0.282 e. The van der Waals surface area contributed by atoms with Gasteiger partial charge in [-0.15, -0.1) is 0 Å². The molecule has 4 nitrogen and oxygen atoms in total. The average molecular weight is 322 g/mol. The monoisotopic (exact) mass is 322 g/mol. The minimum absolute atomic E-state index is 0.0835. The van der Waals surface area contributed by atoms with Crippen LogP contribution in [0.15, 0.2) is 24.3 Å². The maximum atomic E-state index is 13.1. The van der Waals surface area contributed by atoms with Gasteiger partial charge in [0.25, 0.3) is 5.91 Å². The van der Waals surface area contributed by atoms with E-state index in [9.17, 15) is 31.5 Å². The average Bonchev–Trinajstić information content (AvgIpc) is 2.64. The summed E-state index contributed by atoms with van der Waals surface area (Å²) in [5.41, 5.74) is 0.107. The fourth-order valence-corrected chi connectivity index (χ4v) is 2.09. The molecule has 120 valence electrons. The molecule has 0 bridgehead atoms. The lowest BCUT2D eigenvalue weighted by molar-refractivity contribution is -0.149. The van der Waals surface area contributed by atoms with Gasteiger partial charge in [0.05, 0.1) is 0 Å². The zero-order valence-electron chi connectivity index (χ0n) is 11.3. The van der Waals surface area contributed by atoms with Crippen molar-refractivity contribution < 1.29 is 31.5 Å². The van der Waals surface area contributed by atoms with E-state index in [0.717, 1.165) is 17.0 Å². The Hall–Kier alpha value is -2.19. The summed E-state index contributed by atoms with van der Waals surface area (Å²) in [6.45, 7) is -0.436. The first-order valence-corrected chi connectivity index (χ1v) is 6.21. The quantitative estimate of drug-likeness (QED) is 0.632. The van der Waals surface area contributed by atoms with Crippen LogP contribution in [0.5, 0.6) is 0 Å². The Bertz CT molecular complexity index is 591. The van der Waals surface area contributed by atoms with Crippen LogP contribution in [0.25, 0.3) is 0 Å². The zero-order chi connectivity index (χ0) is 16.7. The Labute approximate surface area is 122 Å². The van der Waals surface area contributed by atoms with Crippen molar-refractivity contribution in [1.29, 1.82) is 0 Å². The summed E-state index contributed by atoms with van der Waals surface area (Å²) in [7, 11) is 0. The van der Waals surface area contributed by atoms with Gasteiger partial charge in [-0.1, -0.05) is 0 Å². The van der Waals surface area contributed by atoms with Crippen LogP contribution in [0, 0.1) is 5.82 Å². The molecule has 0 saturated carbocycles. The lowest BCUT2D eigenvalue weighted by Crippen LogP contribution is -2.45. The number of carbonyl (C=O) groups excluding carboxylic acids is 2. The van der Waals surface area contributed by atoms with Crippen molar-refractivity contribution in [3.05, 3.63) is 30.1 Å². The molecule has 0 N–H and O–H groups in total. The van der Waals surface area contributed by atoms with Crippen molar-refractivity contribution in [2.24, 2.45) is 0 Å². The normalized spacial score (nSPS) is 19.5. The molecule has 1 heterocycles. The van der Waals surface area contributed by atoms with E-state index >= 15 is 0 Å². The minimum Gasteiger partial charge on any atom is -0.282 e. The fraction of sp³-hybridized carbons (Fsp3) is 0.385. The third-order valence-electron chi connectivity index (χ3n) is 3.24. The Morgan fingerprint density at radius 1 is 1.18 bits per heavy atom. The molecule has 22 heavy (non-hydrogen) atoms. The Morgan fingerprint density at radius 2 is 1.73 bits per heavy atom. The van der Waals surface area contributed by atoms with Crippen LogP contribution >= 0.6 is 0 Å². The summed E-state index contributed by atoms with van der Waals surface area (Å²) in [4.78, 5) is 24.9. The number of alkyl halides is 4. The molecule has 9 heteroatoms. The van der Waals surface area contributed by atoms with Gasteiger partial charge in [0.15, 0.2) is 0 Å². The Morgan fingerprint density at radius 3 is 2.23 bits per heavy atom. The van der Waals surface area contributed by atoms with Crippen molar-refractivity contribution in [2.75, 3.05) is 11.4 Å². The van der Waals surface area contributed by atoms with Gasteiger partial charge in [-0.25, -0.2) is 18.0 Å². The second kappa shape index (κ2) is 5.54. The molecule has 1 aromatic carbocycles. The highest BCUT2D eigenvalue weighted by molar-refractivity contribution is 6.14. The molecule has 3 amide bonds. The Kier molecular flexibility index (Phi) is 4.08. The van der Waals surface area contributed by atoms with E-state index in [0.29, 0.717) is 0 Å². The van der Waals surface area contributed by atoms with E-state index in [4.69, 9.17) is 0 Å². The SMILES string of the molecule is C[C@@H]1C(=O)N(CC(F)(F)C(F)F)C(=O)N1c1ccc(F)cc1. The van der Waals surface area contributed by atoms with Crippen LogP contribution in [-0.4, -0.2) is 41.8 Å². The number of urea groups is 1. The van der Waals surface area contributed by atoms with Crippen molar-refractivity contribution in [1.82, 2.24) is 4.90 Å². The maximum absolute atomic E-state index is 13.1. The van der Waals surface area contributed by atoms with Crippen LogP contribution in [-0.2, 0) is 4.79 Å². The second-order valence-electron chi connectivity index (χ2n) is 4.79. The molecular weight excluding hydrogens is 311 g/mol. The first-order valence-electron chi connectivity index (χ1n) is 6.21. The van der Waals surface area contributed by atoms with Gasteiger partial charge in [-0.2, -0.15) is 8.78 Å². The van der Waals surface area contributed by atoms with E-state index in [2.05, 4.69) is 0 Å². The predicted octanol–water partition coefficient (Wildman–Crippen LogP) is 2.88. The van der Waals surface area contributed by atoms with E-state index in [-0.39, 0.29) is 10.6 Å². The van der Waals surface area contributed by atoms with Crippen molar-refractivity contribution in [2.45, 2.75) is 25.3 Å². The van der Waals surface area contributed by atoms with Gasteiger partial charge in [0.1, 0.15) is 18.4 Å². The summed E-state index contributed by atoms with van der Waals surface area (Å²) < 4.78 is 63.5. The number of imide groups is 1. The third kappa shape index (κ3) is 2.75. The first kappa shape index (κ1) is 16.2.